The molecule has 4 saturated carbocycles. The summed E-state index contributed by atoms with van der Waals surface area (Å²) in [6, 6.07) is -0.673. The molecule has 4 bridgehead atoms. The largest absolute Gasteiger partial charge is 0.480 e. The van der Waals surface area contributed by atoms with Crippen LogP contribution in [-0.2, 0) is 9.59 Å². The van der Waals surface area contributed by atoms with Crippen LogP contribution in [-0.4, -0.2) is 23.5 Å². The van der Waals surface area contributed by atoms with Crippen LogP contribution in [0.4, 0.5) is 0 Å². The van der Waals surface area contributed by atoms with Crippen LogP contribution in [0.3, 0.4) is 0 Å². The molecule has 0 radical (unpaired) electrons. The lowest BCUT2D eigenvalue weighted by molar-refractivity contribution is -0.152. The van der Waals surface area contributed by atoms with Gasteiger partial charge in [-0.15, -0.1) is 0 Å². The van der Waals surface area contributed by atoms with Crippen LogP contribution in [0.25, 0.3) is 0 Å². The van der Waals surface area contributed by atoms with Gasteiger partial charge >= 0.3 is 5.97 Å². The third-order valence-corrected chi connectivity index (χ3v) is 5.18. The van der Waals surface area contributed by atoms with Gasteiger partial charge in [0.25, 0.3) is 0 Å². The Labute approximate surface area is 101 Å². The summed E-state index contributed by atoms with van der Waals surface area (Å²) in [5.74, 6) is 1.25. The molecule has 4 heteroatoms. The van der Waals surface area contributed by atoms with E-state index in [1.807, 2.05) is 0 Å². The van der Waals surface area contributed by atoms with Crippen molar-refractivity contribution < 1.29 is 14.7 Å². The fraction of sp³-hybridized carbons (Fsp3) is 0.846. The van der Waals surface area contributed by atoms with Crippen molar-refractivity contribution >= 4 is 12.4 Å². The molecule has 4 aliphatic carbocycles. The van der Waals surface area contributed by atoms with E-state index in [1.54, 1.807) is 0 Å². The molecule has 0 aromatic carbocycles. The normalized spacial score (nSPS) is 44.4. The quantitative estimate of drug-likeness (QED) is 0.726. The highest BCUT2D eigenvalue weighted by atomic mass is 16.4. The number of hydrogen-bond acceptors (Lipinski definition) is 2. The number of carbonyl (C=O) groups is 2. The number of hydrogen-bond donors (Lipinski definition) is 2. The van der Waals surface area contributed by atoms with E-state index in [9.17, 15) is 14.7 Å². The smallest absolute Gasteiger partial charge is 0.326 e. The van der Waals surface area contributed by atoms with E-state index in [2.05, 4.69) is 5.32 Å². The number of rotatable bonds is 4. The van der Waals surface area contributed by atoms with Crippen LogP contribution in [0, 0.1) is 23.2 Å². The number of carbonyl (C=O) groups excluding carboxylic acids is 1. The molecule has 4 aliphatic rings. The Bertz CT molecular complexity index is 317. The Kier molecular flexibility index (Phi) is 2.42. The van der Waals surface area contributed by atoms with Gasteiger partial charge in [0, 0.05) is 5.41 Å². The van der Waals surface area contributed by atoms with Crippen molar-refractivity contribution in [3.05, 3.63) is 0 Å². The summed E-state index contributed by atoms with van der Waals surface area (Å²) in [5.41, 5.74) is -0.151. The lowest BCUT2D eigenvalue weighted by atomic mass is 9.47. The highest BCUT2D eigenvalue weighted by Crippen LogP contribution is 2.61. The molecule has 94 valence electrons. The Morgan fingerprint density at radius 2 is 1.65 bits per heavy atom. The molecule has 0 saturated heterocycles. The lowest BCUT2D eigenvalue weighted by Gasteiger charge is -2.58. The summed E-state index contributed by atoms with van der Waals surface area (Å²) < 4.78 is 0. The highest BCUT2D eigenvalue weighted by Gasteiger charge is 2.56. The van der Waals surface area contributed by atoms with E-state index in [0.717, 1.165) is 19.3 Å². The molecule has 2 N–H and O–H groups in total. The maximum absolute atomic E-state index is 11.4. The lowest BCUT2D eigenvalue weighted by Crippen LogP contribution is -2.58. The standard InChI is InChI=1S/C13H19NO3/c15-7-14-11(12(16)17)13-4-8-1-9(5-13)3-10(2-8)6-13/h7-11H,1-6H2,(H,14,15)(H,16,17). The van der Waals surface area contributed by atoms with Crippen LogP contribution < -0.4 is 5.32 Å². The third kappa shape index (κ3) is 1.65. The van der Waals surface area contributed by atoms with E-state index in [4.69, 9.17) is 0 Å². The first-order chi connectivity index (χ1) is 8.13. The molecule has 0 spiro atoms. The number of aliphatic carboxylic acids is 1. The van der Waals surface area contributed by atoms with Gasteiger partial charge in [-0.1, -0.05) is 0 Å². The molecule has 0 aromatic heterocycles. The number of nitrogens with one attached hydrogen (secondary N) is 1. The molecule has 0 heterocycles. The minimum atomic E-state index is -0.862. The van der Waals surface area contributed by atoms with Gasteiger partial charge in [0.2, 0.25) is 6.41 Å². The summed E-state index contributed by atoms with van der Waals surface area (Å²) in [6.45, 7) is 0. The molecule has 4 nitrogen and oxygen atoms in total. The Morgan fingerprint density at radius 3 is 2.00 bits per heavy atom. The zero-order valence-electron chi connectivity index (χ0n) is 9.89. The summed E-state index contributed by atoms with van der Waals surface area (Å²) in [5, 5.41) is 11.9. The molecule has 4 rings (SSSR count). The first-order valence-electron chi connectivity index (χ1n) is 6.55. The van der Waals surface area contributed by atoms with Crippen LogP contribution >= 0.6 is 0 Å². The van der Waals surface area contributed by atoms with Crippen LogP contribution in [0.2, 0.25) is 0 Å². The molecular weight excluding hydrogens is 218 g/mol. The zero-order valence-corrected chi connectivity index (χ0v) is 9.89. The SMILES string of the molecule is O=CNC(C(=O)O)C12CC3CC(CC(C3)C1)C2. The second-order valence-corrected chi connectivity index (χ2v) is 6.34. The Hall–Kier alpha value is -1.06. The maximum Gasteiger partial charge on any atom is 0.326 e. The van der Waals surface area contributed by atoms with Crippen LogP contribution in [0.5, 0.6) is 0 Å². The number of carboxylic acids is 1. The summed E-state index contributed by atoms with van der Waals surface area (Å²) >= 11 is 0. The van der Waals surface area contributed by atoms with E-state index >= 15 is 0 Å². The van der Waals surface area contributed by atoms with Gasteiger partial charge < -0.3 is 10.4 Å². The van der Waals surface area contributed by atoms with Crippen molar-refractivity contribution in [1.82, 2.24) is 5.32 Å². The van der Waals surface area contributed by atoms with Crippen molar-refractivity contribution in [2.45, 2.75) is 44.6 Å². The van der Waals surface area contributed by atoms with Crippen LogP contribution in [0.15, 0.2) is 0 Å². The summed E-state index contributed by atoms with van der Waals surface area (Å²) in [6.07, 6.45) is 7.40. The number of amides is 1. The molecule has 17 heavy (non-hydrogen) atoms. The average Bonchev–Trinajstić information content (AvgIpc) is 2.23. The predicted molar refractivity (Wildman–Crippen MR) is 61.2 cm³/mol. The van der Waals surface area contributed by atoms with Gasteiger partial charge in [-0.3, -0.25) is 4.79 Å². The Morgan fingerprint density at radius 1 is 1.18 bits per heavy atom. The number of carboxylic acid groups (broad SMARTS) is 1. The van der Waals surface area contributed by atoms with E-state index in [0.29, 0.717) is 24.2 Å². The van der Waals surface area contributed by atoms with Crippen molar-refractivity contribution in [3.8, 4) is 0 Å². The molecule has 1 amide bonds. The van der Waals surface area contributed by atoms with Gasteiger partial charge in [0.05, 0.1) is 0 Å². The van der Waals surface area contributed by atoms with Crippen molar-refractivity contribution in [2.75, 3.05) is 0 Å². The molecule has 1 atom stereocenters. The summed E-state index contributed by atoms with van der Waals surface area (Å²) in [4.78, 5) is 22.0. The minimum Gasteiger partial charge on any atom is -0.480 e. The van der Waals surface area contributed by atoms with Gasteiger partial charge in [-0.2, -0.15) is 0 Å². The topological polar surface area (TPSA) is 66.4 Å². The Balaban J connectivity index is 1.89. The van der Waals surface area contributed by atoms with E-state index < -0.39 is 12.0 Å². The zero-order chi connectivity index (χ0) is 12.0. The van der Waals surface area contributed by atoms with Crippen molar-refractivity contribution in [1.29, 1.82) is 0 Å². The second-order valence-electron chi connectivity index (χ2n) is 6.34. The molecular formula is C13H19NO3. The predicted octanol–water partition coefficient (Wildman–Crippen LogP) is 1.40. The van der Waals surface area contributed by atoms with Crippen molar-refractivity contribution in [3.63, 3.8) is 0 Å². The molecule has 4 fully saturated rings. The average molecular weight is 237 g/mol. The first-order valence-corrected chi connectivity index (χ1v) is 6.55. The maximum atomic E-state index is 11.4. The third-order valence-electron chi connectivity index (χ3n) is 5.18. The minimum absolute atomic E-state index is 0.151. The molecule has 0 aromatic rings. The summed E-state index contributed by atoms with van der Waals surface area (Å²) in [7, 11) is 0. The van der Waals surface area contributed by atoms with Crippen LogP contribution in [0.1, 0.15) is 38.5 Å². The van der Waals surface area contributed by atoms with Gasteiger partial charge in [-0.05, 0) is 56.3 Å². The fourth-order valence-corrected chi connectivity index (χ4v) is 5.11. The van der Waals surface area contributed by atoms with Gasteiger partial charge in [-0.25, -0.2) is 4.79 Å². The molecule has 1 unspecified atom stereocenters. The highest BCUT2D eigenvalue weighted by molar-refractivity contribution is 5.77. The second kappa shape index (κ2) is 3.72. The molecule has 0 aliphatic heterocycles. The van der Waals surface area contributed by atoms with E-state index in [1.165, 1.54) is 19.3 Å². The van der Waals surface area contributed by atoms with Gasteiger partial charge in [0.1, 0.15) is 6.04 Å². The van der Waals surface area contributed by atoms with Gasteiger partial charge in [0.15, 0.2) is 0 Å². The monoisotopic (exact) mass is 237 g/mol. The van der Waals surface area contributed by atoms with E-state index in [-0.39, 0.29) is 5.41 Å². The fourth-order valence-electron chi connectivity index (χ4n) is 5.11. The first kappa shape index (κ1) is 11.1. The van der Waals surface area contributed by atoms with Crippen molar-refractivity contribution in [2.24, 2.45) is 23.2 Å².